The van der Waals surface area contributed by atoms with Gasteiger partial charge >= 0.3 is 0 Å². The Labute approximate surface area is 132 Å². The minimum absolute atomic E-state index is 0.0438. The van der Waals surface area contributed by atoms with E-state index in [1.807, 2.05) is 0 Å². The zero-order valence-corrected chi connectivity index (χ0v) is 12.3. The Morgan fingerprint density at radius 1 is 1.00 bits per heavy atom. The number of halogens is 4. The largest absolute Gasteiger partial charge is 0.392 e. The van der Waals surface area contributed by atoms with Gasteiger partial charge in [-0.1, -0.05) is 11.8 Å². The maximum atomic E-state index is 13.9. The van der Waals surface area contributed by atoms with E-state index in [1.54, 1.807) is 0 Å². The fourth-order valence-electron chi connectivity index (χ4n) is 2.11. The second kappa shape index (κ2) is 6.17. The molecule has 0 fully saturated rings. The SMILES string of the molecule is OCc1cnc2c(F)c(F)c(F)cc2c1Sc1ccc(F)cc1. The lowest BCUT2D eigenvalue weighted by molar-refractivity contribution is 0.278. The van der Waals surface area contributed by atoms with Crippen LogP contribution in [0.5, 0.6) is 0 Å². The van der Waals surface area contributed by atoms with E-state index in [-0.39, 0.29) is 10.9 Å². The van der Waals surface area contributed by atoms with Gasteiger partial charge in [-0.05, 0) is 30.3 Å². The summed E-state index contributed by atoms with van der Waals surface area (Å²) < 4.78 is 53.8. The topological polar surface area (TPSA) is 33.1 Å². The lowest BCUT2D eigenvalue weighted by atomic mass is 10.1. The summed E-state index contributed by atoms with van der Waals surface area (Å²) in [7, 11) is 0. The highest BCUT2D eigenvalue weighted by Crippen LogP contribution is 2.37. The third-order valence-electron chi connectivity index (χ3n) is 3.23. The van der Waals surface area contributed by atoms with Crippen LogP contribution >= 0.6 is 11.8 Å². The predicted molar refractivity (Wildman–Crippen MR) is 78.1 cm³/mol. The molecule has 2 aromatic carbocycles. The summed E-state index contributed by atoms with van der Waals surface area (Å²) in [6.45, 7) is -0.410. The summed E-state index contributed by atoms with van der Waals surface area (Å²) in [6, 6.07) is 6.30. The Morgan fingerprint density at radius 3 is 2.35 bits per heavy atom. The molecule has 23 heavy (non-hydrogen) atoms. The predicted octanol–water partition coefficient (Wildman–Crippen LogP) is 4.43. The first-order valence-corrected chi connectivity index (χ1v) is 7.32. The standard InChI is InChI=1S/C16H9F4NOS/c17-9-1-3-10(4-2-9)23-16-8(7-22)6-21-15-11(16)5-12(18)13(19)14(15)20/h1-6,22H,7H2. The highest BCUT2D eigenvalue weighted by atomic mass is 32.2. The minimum Gasteiger partial charge on any atom is -0.392 e. The fourth-order valence-corrected chi connectivity index (χ4v) is 3.13. The van der Waals surface area contributed by atoms with E-state index in [2.05, 4.69) is 4.98 Å². The van der Waals surface area contributed by atoms with Crippen molar-refractivity contribution >= 4 is 22.7 Å². The average Bonchev–Trinajstić information content (AvgIpc) is 2.55. The highest BCUT2D eigenvalue weighted by molar-refractivity contribution is 7.99. The average molecular weight is 339 g/mol. The molecule has 0 saturated carbocycles. The first-order valence-electron chi connectivity index (χ1n) is 6.50. The number of hydrogen-bond acceptors (Lipinski definition) is 3. The normalized spacial score (nSPS) is 11.2. The monoisotopic (exact) mass is 339 g/mol. The van der Waals surface area contributed by atoms with E-state index in [0.29, 0.717) is 15.4 Å². The quantitative estimate of drug-likeness (QED) is 0.566. The van der Waals surface area contributed by atoms with Crippen LogP contribution in [-0.2, 0) is 6.61 Å². The molecular formula is C16H9F4NOS. The van der Waals surface area contributed by atoms with Crippen molar-refractivity contribution in [1.82, 2.24) is 4.98 Å². The lowest BCUT2D eigenvalue weighted by Gasteiger charge is -2.12. The number of hydrogen-bond donors (Lipinski definition) is 1. The molecule has 0 atom stereocenters. The van der Waals surface area contributed by atoms with Crippen molar-refractivity contribution in [3.05, 3.63) is 65.4 Å². The maximum absolute atomic E-state index is 13.9. The molecule has 0 unspecified atom stereocenters. The first kappa shape index (κ1) is 15.8. The van der Waals surface area contributed by atoms with E-state index in [0.717, 1.165) is 17.8 Å². The zero-order chi connectivity index (χ0) is 16.6. The lowest BCUT2D eigenvalue weighted by Crippen LogP contribution is -1.99. The molecule has 118 valence electrons. The summed E-state index contributed by atoms with van der Waals surface area (Å²) >= 11 is 1.08. The zero-order valence-electron chi connectivity index (χ0n) is 11.5. The van der Waals surface area contributed by atoms with Gasteiger partial charge in [-0.3, -0.25) is 4.98 Å². The van der Waals surface area contributed by atoms with Crippen molar-refractivity contribution in [3.63, 3.8) is 0 Å². The molecule has 7 heteroatoms. The van der Waals surface area contributed by atoms with Gasteiger partial charge in [0.25, 0.3) is 0 Å². The van der Waals surface area contributed by atoms with Crippen LogP contribution in [0.15, 0.2) is 46.3 Å². The summed E-state index contributed by atoms with van der Waals surface area (Å²) in [6.07, 6.45) is 1.20. The van der Waals surface area contributed by atoms with Crippen molar-refractivity contribution in [2.24, 2.45) is 0 Å². The third kappa shape index (κ3) is 2.89. The maximum Gasteiger partial charge on any atom is 0.196 e. The summed E-state index contributed by atoms with van der Waals surface area (Å²) in [5.74, 6) is -4.74. The molecule has 1 heterocycles. The van der Waals surface area contributed by atoms with Crippen molar-refractivity contribution in [3.8, 4) is 0 Å². The highest BCUT2D eigenvalue weighted by Gasteiger charge is 2.19. The number of benzene rings is 2. The molecule has 1 N–H and O–H groups in total. The smallest absolute Gasteiger partial charge is 0.196 e. The van der Waals surface area contributed by atoms with Gasteiger partial charge in [0.2, 0.25) is 0 Å². The molecule has 3 aromatic rings. The number of pyridine rings is 1. The van der Waals surface area contributed by atoms with E-state index < -0.39 is 29.9 Å². The Kier molecular flexibility index (Phi) is 4.23. The summed E-state index contributed by atoms with van der Waals surface area (Å²) in [4.78, 5) is 4.69. The molecule has 1 aromatic heterocycles. The number of aliphatic hydroxyl groups excluding tert-OH is 1. The second-order valence-electron chi connectivity index (χ2n) is 4.71. The molecule has 0 aliphatic heterocycles. The number of aromatic nitrogens is 1. The van der Waals surface area contributed by atoms with Crippen LogP contribution in [0.2, 0.25) is 0 Å². The van der Waals surface area contributed by atoms with Gasteiger partial charge in [0.1, 0.15) is 11.3 Å². The van der Waals surface area contributed by atoms with Crippen LogP contribution in [0.4, 0.5) is 17.6 Å². The van der Waals surface area contributed by atoms with Gasteiger partial charge in [-0.2, -0.15) is 0 Å². The van der Waals surface area contributed by atoms with Gasteiger partial charge in [0.05, 0.1) is 6.61 Å². The molecule has 0 saturated heterocycles. The Hall–Kier alpha value is -2.12. The van der Waals surface area contributed by atoms with Crippen LogP contribution in [0, 0.1) is 23.3 Å². The van der Waals surface area contributed by atoms with Crippen LogP contribution in [0.3, 0.4) is 0 Å². The molecular weight excluding hydrogens is 330 g/mol. The Balaban J connectivity index is 2.22. The third-order valence-corrected chi connectivity index (χ3v) is 4.42. The molecule has 0 spiro atoms. The first-order chi connectivity index (χ1) is 11.0. The van der Waals surface area contributed by atoms with Crippen LogP contribution in [-0.4, -0.2) is 10.1 Å². The van der Waals surface area contributed by atoms with Gasteiger partial charge in [-0.25, -0.2) is 17.6 Å². The molecule has 0 aliphatic rings. The molecule has 0 amide bonds. The van der Waals surface area contributed by atoms with Crippen molar-refractivity contribution in [2.75, 3.05) is 0 Å². The van der Waals surface area contributed by atoms with Crippen molar-refractivity contribution < 1.29 is 22.7 Å². The van der Waals surface area contributed by atoms with E-state index in [9.17, 15) is 22.7 Å². The van der Waals surface area contributed by atoms with Gasteiger partial charge in [-0.15, -0.1) is 0 Å². The summed E-state index contributed by atoms with van der Waals surface area (Å²) in [5, 5.41) is 9.46. The summed E-state index contributed by atoms with van der Waals surface area (Å²) in [5.41, 5.74) is 0.00273. The van der Waals surface area contributed by atoms with Crippen LogP contribution in [0.1, 0.15) is 5.56 Å². The second-order valence-corrected chi connectivity index (χ2v) is 5.79. The molecule has 3 rings (SSSR count). The Morgan fingerprint density at radius 2 is 1.70 bits per heavy atom. The van der Waals surface area contributed by atoms with Crippen LogP contribution < -0.4 is 0 Å². The van der Waals surface area contributed by atoms with Crippen molar-refractivity contribution in [1.29, 1.82) is 0 Å². The molecule has 0 radical (unpaired) electrons. The van der Waals surface area contributed by atoms with E-state index in [4.69, 9.17) is 0 Å². The van der Waals surface area contributed by atoms with Gasteiger partial charge in [0, 0.05) is 26.9 Å². The fraction of sp³-hybridized carbons (Fsp3) is 0.0625. The van der Waals surface area contributed by atoms with Gasteiger partial charge in [0.15, 0.2) is 17.5 Å². The van der Waals surface area contributed by atoms with E-state index >= 15 is 0 Å². The Bertz CT molecular complexity index is 884. The molecule has 0 aliphatic carbocycles. The van der Waals surface area contributed by atoms with Crippen LogP contribution in [0.25, 0.3) is 10.9 Å². The van der Waals surface area contributed by atoms with E-state index in [1.165, 1.54) is 30.5 Å². The van der Waals surface area contributed by atoms with Crippen molar-refractivity contribution in [2.45, 2.75) is 16.4 Å². The van der Waals surface area contributed by atoms with Gasteiger partial charge < -0.3 is 5.11 Å². The minimum atomic E-state index is -1.60. The number of nitrogens with zero attached hydrogens (tertiary/aromatic N) is 1. The molecule has 2 nitrogen and oxygen atoms in total. The number of rotatable bonds is 3. The number of aliphatic hydroxyl groups is 1. The number of fused-ring (bicyclic) bond motifs is 1. The molecule has 0 bridgehead atoms.